The summed E-state index contributed by atoms with van der Waals surface area (Å²) >= 11 is 0. The van der Waals surface area contributed by atoms with Gasteiger partial charge in [0.15, 0.2) is 0 Å². The van der Waals surface area contributed by atoms with Crippen LogP contribution in [0.1, 0.15) is 41.5 Å². The zero-order valence-electron chi connectivity index (χ0n) is 10.2. The number of nitrogens with one attached hydrogen (secondary N) is 1. The fourth-order valence-corrected chi connectivity index (χ4v) is 2.67. The van der Waals surface area contributed by atoms with E-state index in [4.69, 9.17) is 0 Å². The Labute approximate surface area is 92.9 Å². The predicted molar refractivity (Wildman–Crippen MR) is 65.5 cm³/mol. The molecular weight excluding hydrogens is 182 g/mol. The van der Waals surface area contributed by atoms with E-state index < -0.39 is 0 Å². The Balaban J connectivity index is 2.39. The molecule has 0 radical (unpaired) electrons. The first kappa shape index (κ1) is 10.7. The third-order valence-corrected chi connectivity index (χ3v) is 3.81. The lowest BCUT2D eigenvalue weighted by Crippen LogP contribution is -2.22. The average molecular weight is 203 g/mol. The van der Waals surface area contributed by atoms with E-state index in [9.17, 15) is 0 Å². The molecule has 1 saturated heterocycles. The molecule has 0 aromatic heterocycles. The summed E-state index contributed by atoms with van der Waals surface area (Å²) in [6.07, 6.45) is 1.28. The quantitative estimate of drug-likeness (QED) is 0.739. The van der Waals surface area contributed by atoms with Gasteiger partial charge in [0.1, 0.15) is 0 Å². The second kappa shape index (κ2) is 3.97. The van der Waals surface area contributed by atoms with Gasteiger partial charge in [-0.05, 0) is 62.9 Å². The van der Waals surface area contributed by atoms with E-state index in [1.807, 2.05) is 0 Å². The van der Waals surface area contributed by atoms with Crippen LogP contribution in [0.4, 0.5) is 0 Å². The van der Waals surface area contributed by atoms with E-state index in [1.165, 1.54) is 23.1 Å². The minimum Gasteiger partial charge on any atom is -0.314 e. The second-order valence-corrected chi connectivity index (χ2v) is 4.93. The highest BCUT2D eigenvalue weighted by atomic mass is 14.9. The Morgan fingerprint density at radius 1 is 1.07 bits per heavy atom. The lowest BCUT2D eigenvalue weighted by Gasteiger charge is -2.19. The molecule has 0 bridgehead atoms. The smallest absolute Gasteiger partial charge is 0.0108 e. The Morgan fingerprint density at radius 3 is 2.33 bits per heavy atom. The maximum absolute atomic E-state index is 3.53. The van der Waals surface area contributed by atoms with Gasteiger partial charge in [-0.1, -0.05) is 12.1 Å². The maximum Gasteiger partial charge on any atom is 0.0108 e. The largest absolute Gasteiger partial charge is 0.314 e. The molecule has 2 unspecified atom stereocenters. The fraction of sp³-hybridized carbons (Fsp3) is 0.571. The monoisotopic (exact) mass is 203 g/mol. The molecule has 1 nitrogen and oxygen atoms in total. The van der Waals surface area contributed by atoms with E-state index in [1.54, 1.807) is 5.56 Å². The molecule has 0 spiro atoms. The summed E-state index contributed by atoms with van der Waals surface area (Å²) in [4.78, 5) is 0. The number of hydrogen-bond donors (Lipinski definition) is 1. The molecule has 2 atom stereocenters. The van der Waals surface area contributed by atoms with Crippen LogP contribution in [0.2, 0.25) is 0 Å². The van der Waals surface area contributed by atoms with Gasteiger partial charge >= 0.3 is 0 Å². The molecule has 15 heavy (non-hydrogen) atoms. The fourth-order valence-electron chi connectivity index (χ4n) is 2.67. The van der Waals surface area contributed by atoms with Gasteiger partial charge in [-0.15, -0.1) is 0 Å². The van der Waals surface area contributed by atoms with E-state index in [2.05, 4.69) is 45.1 Å². The molecule has 0 aliphatic carbocycles. The van der Waals surface area contributed by atoms with E-state index in [0.29, 0.717) is 12.0 Å². The second-order valence-electron chi connectivity index (χ2n) is 4.93. The lowest BCUT2D eigenvalue weighted by molar-refractivity contribution is 0.592. The van der Waals surface area contributed by atoms with Crippen LogP contribution in [-0.4, -0.2) is 12.6 Å². The first-order valence-electron chi connectivity index (χ1n) is 5.90. The highest BCUT2D eigenvalue weighted by Gasteiger charge is 2.25. The van der Waals surface area contributed by atoms with Gasteiger partial charge in [0.2, 0.25) is 0 Å². The minimum atomic E-state index is 0.630. The van der Waals surface area contributed by atoms with Crippen LogP contribution in [0.3, 0.4) is 0 Å². The lowest BCUT2D eigenvalue weighted by atomic mass is 9.87. The van der Waals surface area contributed by atoms with Crippen molar-refractivity contribution in [1.82, 2.24) is 5.32 Å². The normalized spacial score (nSPS) is 25.9. The summed E-state index contributed by atoms with van der Waals surface area (Å²) in [7, 11) is 0. The zero-order valence-corrected chi connectivity index (χ0v) is 10.2. The third kappa shape index (κ3) is 1.93. The number of benzene rings is 1. The van der Waals surface area contributed by atoms with Crippen molar-refractivity contribution in [2.75, 3.05) is 6.54 Å². The molecule has 2 rings (SSSR count). The Morgan fingerprint density at radius 2 is 1.73 bits per heavy atom. The summed E-state index contributed by atoms with van der Waals surface area (Å²) in [5.41, 5.74) is 5.85. The summed E-state index contributed by atoms with van der Waals surface area (Å²) < 4.78 is 0. The van der Waals surface area contributed by atoms with Gasteiger partial charge in [0, 0.05) is 12.0 Å². The Hall–Kier alpha value is -0.820. The molecule has 82 valence electrons. The van der Waals surface area contributed by atoms with Crippen LogP contribution in [0, 0.1) is 20.8 Å². The van der Waals surface area contributed by atoms with Crippen molar-refractivity contribution >= 4 is 0 Å². The predicted octanol–water partition coefficient (Wildman–Crippen LogP) is 3.08. The van der Waals surface area contributed by atoms with Crippen LogP contribution in [-0.2, 0) is 0 Å². The molecule has 1 aromatic rings. The summed E-state index contributed by atoms with van der Waals surface area (Å²) in [6.45, 7) is 10.1. The molecule has 1 aromatic carbocycles. The van der Waals surface area contributed by atoms with Crippen LogP contribution in [0.5, 0.6) is 0 Å². The molecule has 1 heteroatoms. The number of aryl methyl sites for hydroxylation is 3. The Kier molecular flexibility index (Phi) is 2.83. The van der Waals surface area contributed by atoms with Crippen LogP contribution >= 0.6 is 0 Å². The number of rotatable bonds is 1. The summed E-state index contributed by atoms with van der Waals surface area (Å²) in [5, 5.41) is 3.53. The van der Waals surface area contributed by atoms with Crippen molar-refractivity contribution in [3.63, 3.8) is 0 Å². The molecular formula is C14H21N. The van der Waals surface area contributed by atoms with Gasteiger partial charge in [-0.25, -0.2) is 0 Å². The Bertz CT molecular complexity index is 368. The maximum atomic E-state index is 3.53. The van der Waals surface area contributed by atoms with Crippen molar-refractivity contribution in [2.24, 2.45) is 0 Å². The highest BCUT2D eigenvalue weighted by molar-refractivity contribution is 5.39. The van der Waals surface area contributed by atoms with Crippen molar-refractivity contribution in [3.8, 4) is 0 Å². The molecule has 1 heterocycles. The summed E-state index contributed by atoms with van der Waals surface area (Å²) in [6, 6.07) is 5.35. The topological polar surface area (TPSA) is 12.0 Å². The van der Waals surface area contributed by atoms with Gasteiger partial charge in [0.25, 0.3) is 0 Å². The van der Waals surface area contributed by atoms with E-state index >= 15 is 0 Å². The molecule has 1 fully saturated rings. The van der Waals surface area contributed by atoms with E-state index in [-0.39, 0.29) is 0 Å². The molecule has 1 aliphatic rings. The van der Waals surface area contributed by atoms with Crippen LogP contribution in [0.15, 0.2) is 12.1 Å². The van der Waals surface area contributed by atoms with Crippen molar-refractivity contribution in [2.45, 2.75) is 46.1 Å². The van der Waals surface area contributed by atoms with Crippen LogP contribution < -0.4 is 5.32 Å². The van der Waals surface area contributed by atoms with Gasteiger partial charge in [-0.3, -0.25) is 0 Å². The first-order valence-corrected chi connectivity index (χ1v) is 5.90. The minimum absolute atomic E-state index is 0.630. The van der Waals surface area contributed by atoms with Gasteiger partial charge < -0.3 is 5.32 Å². The van der Waals surface area contributed by atoms with Crippen molar-refractivity contribution < 1.29 is 0 Å². The number of hydrogen-bond acceptors (Lipinski definition) is 1. The van der Waals surface area contributed by atoms with E-state index in [0.717, 1.165) is 6.54 Å². The van der Waals surface area contributed by atoms with Gasteiger partial charge in [0.05, 0.1) is 0 Å². The highest BCUT2D eigenvalue weighted by Crippen LogP contribution is 2.31. The molecule has 1 N–H and O–H groups in total. The molecule has 0 amide bonds. The van der Waals surface area contributed by atoms with Gasteiger partial charge in [-0.2, -0.15) is 0 Å². The third-order valence-electron chi connectivity index (χ3n) is 3.81. The average Bonchev–Trinajstić information content (AvgIpc) is 2.58. The van der Waals surface area contributed by atoms with Crippen molar-refractivity contribution in [3.05, 3.63) is 34.4 Å². The standard InChI is InChI=1S/C14H21N/c1-9-7-11(3)14(8-10(9)2)13-5-6-15-12(13)4/h7-8,12-13,15H,5-6H2,1-4H3. The first-order chi connectivity index (χ1) is 7.09. The van der Waals surface area contributed by atoms with Crippen LogP contribution in [0.25, 0.3) is 0 Å². The molecule has 0 saturated carbocycles. The molecule has 1 aliphatic heterocycles. The zero-order chi connectivity index (χ0) is 11.0. The SMILES string of the molecule is Cc1cc(C)c(C2CCNC2C)cc1C. The van der Waals surface area contributed by atoms with Crippen molar-refractivity contribution in [1.29, 1.82) is 0 Å². The summed E-state index contributed by atoms with van der Waals surface area (Å²) in [5.74, 6) is 0.712.